The number of hydrogen-bond donors (Lipinski definition) is 1. The van der Waals surface area contributed by atoms with Crippen molar-refractivity contribution in [2.75, 3.05) is 0 Å². The molecule has 3 rings (SSSR count). The zero-order valence-electron chi connectivity index (χ0n) is 12.2. The van der Waals surface area contributed by atoms with E-state index >= 15 is 0 Å². The fraction of sp³-hybridized carbons (Fsp3) is 0.600. The molecule has 0 atom stereocenters. The summed E-state index contributed by atoms with van der Waals surface area (Å²) < 4.78 is 2.15. The number of rotatable bonds is 5. The molecule has 1 aliphatic carbocycles. The van der Waals surface area contributed by atoms with Crippen molar-refractivity contribution in [3.8, 4) is 0 Å². The molecular weight excluding hydrogens is 268 g/mol. The maximum Gasteiger partial charge on any atom is 0.112 e. The minimum Gasteiger partial charge on any atom is -0.300 e. The molecule has 0 saturated heterocycles. The van der Waals surface area contributed by atoms with Crippen molar-refractivity contribution in [2.24, 2.45) is 0 Å². The van der Waals surface area contributed by atoms with Crippen LogP contribution in [-0.4, -0.2) is 14.8 Å². The van der Waals surface area contributed by atoms with Crippen LogP contribution >= 0.6 is 11.3 Å². The third kappa shape index (κ3) is 2.94. The van der Waals surface area contributed by atoms with Gasteiger partial charge in [-0.3, -0.25) is 4.68 Å². The predicted molar refractivity (Wildman–Crippen MR) is 81.7 cm³/mol. The van der Waals surface area contributed by atoms with Crippen molar-refractivity contribution in [1.29, 1.82) is 0 Å². The Bertz CT molecular complexity index is 538. The van der Waals surface area contributed by atoms with Crippen LogP contribution in [0.25, 0.3) is 0 Å². The highest BCUT2D eigenvalue weighted by Gasteiger charge is 2.23. The number of nitrogens with zero attached hydrogens (tertiary/aromatic N) is 3. The zero-order valence-corrected chi connectivity index (χ0v) is 13.0. The molecule has 0 amide bonds. The van der Waals surface area contributed by atoms with Crippen LogP contribution in [0.1, 0.15) is 56.3 Å². The van der Waals surface area contributed by atoms with Gasteiger partial charge in [-0.15, -0.1) is 11.3 Å². The highest BCUT2D eigenvalue weighted by atomic mass is 32.1. The molecule has 2 heterocycles. The maximum absolute atomic E-state index is 4.71. The van der Waals surface area contributed by atoms with Crippen molar-refractivity contribution in [3.63, 3.8) is 0 Å². The minimum atomic E-state index is -0.106. The van der Waals surface area contributed by atoms with Gasteiger partial charge in [0.1, 0.15) is 5.01 Å². The standard InChI is InChI=1S/C15H22N4S/c1-15(2,14-16-8-10-20-14)17-11-12-7-9-19(18-12)13-5-3-4-6-13/h7-10,13,17H,3-6,11H2,1-2H3. The molecule has 0 aliphatic heterocycles. The molecule has 1 saturated carbocycles. The van der Waals surface area contributed by atoms with Gasteiger partial charge in [0.2, 0.25) is 0 Å². The maximum atomic E-state index is 4.71. The van der Waals surface area contributed by atoms with E-state index in [0.29, 0.717) is 6.04 Å². The van der Waals surface area contributed by atoms with Gasteiger partial charge >= 0.3 is 0 Å². The summed E-state index contributed by atoms with van der Waals surface area (Å²) in [7, 11) is 0. The van der Waals surface area contributed by atoms with Crippen LogP contribution in [0.3, 0.4) is 0 Å². The lowest BCUT2D eigenvalue weighted by Gasteiger charge is -2.23. The van der Waals surface area contributed by atoms with Crippen LogP contribution in [0.2, 0.25) is 0 Å². The topological polar surface area (TPSA) is 42.7 Å². The third-order valence-corrected chi connectivity index (χ3v) is 5.14. The minimum absolute atomic E-state index is 0.106. The molecule has 1 aliphatic rings. The Hall–Kier alpha value is -1.20. The summed E-state index contributed by atoms with van der Waals surface area (Å²) in [6, 6.07) is 2.75. The number of hydrogen-bond acceptors (Lipinski definition) is 4. The second-order valence-corrected chi connectivity index (χ2v) is 6.94. The fourth-order valence-corrected chi connectivity index (χ4v) is 3.50. The highest BCUT2D eigenvalue weighted by Crippen LogP contribution is 2.29. The summed E-state index contributed by atoms with van der Waals surface area (Å²) >= 11 is 1.69. The fourth-order valence-electron chi connectivity index (χ4n) is 2.76. The van der Waals surface area contributed by atoms with Gasteiger partial charge in [-0.25, -0.2) is 4.98 Å². The molecule has 0 radical (unpaired) electrons. The van der Waals surface area contributed by atoms with Crippen LogP contribution < -0.4 is 5.32 Å². The third-order valence-electron chi connectivity index (χ3n) is 4.04. The van der Waals surface area contributed by atoms with Gasteiger partial charge in [0.05, 0.1) is 17.3 Å². The molecule has 0 bridgehead atoms. The highest BCUT2D eigenvalue weighted by molar-refractivity contribution is 7.09. The van der Waals surface area contributed by atoms with E-state index in [1.165, 1.54) is 25.7 Å². The van der Waals surface area contributed by atoms with Crippen molar-refractivity contribution in [3.05, 3.63) is 34.5 Å². The average Bonchev–Trinajstić information content (AvgIpc) is 3.16. The summed E-state index contributed by atoms with van der Waals surface area (Å²) in [6.07, 6.45) is 9.23. The molecule has 2 aromatic rings. The lowest BCUT2D eigenvalue weighted by molar-refractivity contribution is 0.392. The average molecular weight is 290 g/mol. The zero-order chi connectivity index (χ0) is 14.0. The molecule has 0 aromatic carbocycles. The summed E-state index contributed by atoms with van der Waals surface area (Å²) in [4.78, 5) is 4.40. The van der Waals surface area contributed by atoms with Gasteiger partial charge in [0.15, 0.2) is 0 Å². The monoisotopic (exact) mass is 290 g/mol. The number of thiazole rings is 1. The van der Waals surface area contributed by atoms with E-state index in [9.17, 15) is 0 Å². The quantitative estimate of drug-likeness (QED) is 0.916. The summed E-state index contributed by atoms with van der Waals surface area (Å²) in [6.45, 7) is 5.12. The molecular formula is C15H22N4S. The molecule has 1 fully saturated rings. The van der Waals surface area contributed by atoms with Gasteiger partial charge in [-0.1, -0.05) is 12.8 Å². The van der Waals surface area contributed by atoms with Crippen LogP contribution in [0.15, 0.2) is 23.8 Å². The lowest BCUT2D eigenvalue weighted by Crippen LogP contribution is -2.36. The van der Waals surface area contributed by atoms with Crippen LogP contribution in [0.5, 0.6) is 0 Å². The lowest BCUT2D eigenvalue weighted by atomic mass is 10.1. The second kappa shape index (κ2) is 5.66. The Morgan fingerprint density at radius 3 is 2.90 bits per heavy atom. The first kappa shape index (κ1) is 13.8. The Balaban J connectivity index is 1.61. The smallest absolute Gasteiger partial charge is 0.112 e. The molecule has 2 aromatic heterocycles. The molecule has 108 valence electrons. The van der Waals surface area contributed by atoms with Gasteiger partial charge in [0, 0.05) is 24.3 Å². The van der Waals surface area contributed by atoms with Gasteiger partial charge in [-0.05, 0) is 32.8 Å². The summed E-state index contributed by atoms with van der Waals surface area (Å²) in [5, 5.41) is 11.4. The van der Waals surface area contributed by atoms with Crippen molar-refractivity contribution in [1.82, 2.24) is 20.1 Å². The molecule has 1 N–H and O–H groups in total. The van der Waals surface area contributed by atoms with E-state index < -0.39 is 0 Å². The number of nitrogens with one attached hydrogen (secondary N) is 1. The Kier molecular flexibility index (Phi) is 3.89. The van der Waals surface area contributed by atoms with Gasteiger partial charge < -0.3 is 5.32 Å². The molecule has 4 nitrogen and oxygen atoms in total. The van der Waals surface area contributed by atoms with Gasteiger partial charge in [0.25, 0.3) is 0 Å². The Labute approximate surface area is 124 Å². The van der Waals surface area contributed by atoms with E-state index in [4.69, 9.17) is 5.10 Å². The first-order valence-electron chi connectivity index (χ1n) is 7.34. The summed E-state index contributed by atoms with van der Waals surface area (Å²) in [5.74, 6) is 0. The molecule has 0 unspecified atom stereocenters. The molecule has 20 heavy (non-hydrogen) atoms. The first-order valence-corrected chi connectivity index (χ1v) is 8.22. The summed E-state index contributed by atoms with van der Waals surface area (Å²) in [5.41, 5.74) is 1.01. The van der Waals surface area contributed by atoms with E-state index in [0.717, 1.165) is 17.2 Å². The van der Waals surface area contributed by atoms with Crippen molar-refractivity contribution >= 4 is 11.3 Å². The van der Waals surface area contributed by atoms with E-state index in [2.05, 4.69) is 41.1 Å². The largest absolute Gasteiger partial charge is 0.300 e. The van der Waals surface area contributed by atoms with Crippen LogP contribution in [-0.2, 0) is 12.1 Å². The Morgan fingerprint density at radius 2 is 2.20 bits per heavy atom. The predicted octanol–water partition coefficient (Wildman–Crippen LogP) is 3.48. The first-order chi connectivity index (χ1) is 9.65. The van der Waals surface area contributed by atoms with Crippen molar-refractivity contribution in [2.45, 2.75) is 57.7 Å². The second-order valence-electron chi connectivity index (χ2n) is 6.04. The Morgan fingerprint density at radius 1 is 1.40 bits per heavy atom. The number of aromatic nitrogens is 3. The van der Waals surface area contributed by atoms with E-state index in [-0.39, 0.29) is 5.54 Å². The van der Waals surface area contributed by atoms with Gasteiger partial charge in [-0.2, -0.15) is 5.10 Å². The normalized spacial score (nSPS) is 16.9. The van der Waals surface area contributed by atoms with E-state index in [1.807, 2.05) is 11.6 Å². The van der Waals surface area contributed by atoms with E-state index in [1.54, 1.807) is 11.3 Å². The van der Waals surface area contributed by atoms with Crippen LogP contribution in [0, 0.1) is 0 Å². The SMILES string of the molecule is CC(C)(NCc1ccn(C2CCCC2)n1)c1nccs1. The molecule has 5 heteroatoms. The van der Waals surface area contributed by atoms with Crippen LogP contribution in [0.4, 0.5) is 0 Å². The molecule has 0 spiro atoms. The van der Waals surface area contributed by atoms with Crippen molar-refractivity contribution < 1.29 is 0 Å².